The first-order valence-electron chi connectivity index (χ1n) is 7.40. The smallest absolute Gasteiger partial charge is 0.311 e. The molecule has 21 heavy (non-hydrogen) atoms. The van der Waals surface area contributed by atoms with Gasteiger partial charge in [0.2, 0.25) is 0 Å². The van der Waals surface area contributed by atoms with Crippen LogP contribution in [0.5, 0.6) is 0 Å². The summed E-state index contributed by atoms with van der Waals surface area (Å²) in [6.07, 6.45) is 1.37. The van der Waals surface area contributed by atoms with Gasteiger partial charge in [-0.15, -0.1) is 0 Å². The Morgan fingerprint density at radius 2 is 2.19 bits per heavy atom. The van der Waals surface area contributed by atoms with Gasteiger partial charge in [0.25, 0.3) is 0 Å². The third-order valence-electron chi connectivity index (χ3n) is 4.65. The fraction of sp³-hybridized carbons (Fsp3) is 0.412. The van der Waals surface area contributed by atoms with E-state index in [0.717, 1.165) is 28.8 Å². The predicted molar refractivity (Wildman–Crippen MR) is 83.7 cm³/mol. The minimum atomic E-state index is -0.678. The quantitative estimate of drug-likeness (QED) is 0.940. The second kappa shape index (κ2) is 5.02. The second-order valence-electron chi connectivity index (χ2n) is 5.91. The molecule has 1 aromatic heterocycles. The number of hydrogen-bond donors (Lipinski definition) is 1. The lowest BCUT2D eigenvalue weighted by molar-refractivity contribution is -0.147. The molecule has 110 valence electrons. The molecule has 0 aliphatic carbocycles. The Kier molecular flexibility index (Phi) is 3.32. The van der Waals surface area contributed by atoms with Crippen molar-refractivity contribution in [2.45, 2.75) is 26.7 Å². The molecule has 0 spiro atoms. The van der Waals surface area contributed by atoms with Gasteiger partial charge in [0.05, 0.1) is 10.9 Å². The zero-order chi connectivity index (χ0) is 15.0. The van der Waals surface area contributed by atoms with E-state index >= 15 is 0 Å². The lowest BCUT2D eigenvalue weighted by Gasteiger charge is -2.25. The number of carboxylic acids is 1. The third kappa shape index (κ3) is 2.24. The average molecular weight is 284 g/mol. The number of hydrogen-bond acceptors (Lipinski definition) is 3. The Hall–Kier alpha value is -2.10. The molecule has 1 unspecified atom stereocenters. The zero-order valence-electron chi connectivity index (χ0n) is 12.5. The highest BCUT2D eigenvalue weighted by molar-refractivity contribution is 5.92. The van der Waals surface area contributed by atoms with Gasteiger partial charge in [-0.2, -0.15) is 0 Å². The predicted octanol–water partition coefficient (Wildman–Crippen LogP) is 3.23. The first-order valence-corrected chi connectivity index (χ1v) is 7.40. The second-order valence-corrected chi connectivity index (χ2v) is 5.91. The highest BCUT2D eigenvalue weighted by atomic mass is 16.4. The standard InChI is InChI=1S/C17H20N2O2/c1-3-17(16(20)21)8-9-19(11-17)15-10-12(2)18-14-7-5-4-6-13(14)15/h4-7,10H,3,8-9,11H2,1-2H3,(H,20,21). The highest BCUT2D eigenvalue weighted by Gasteiger charge is 2.43. The SMILES string of the molecule is CCC1(C(=O)O)CCN(c2cc(C)nc3ccccc23)C1. The molecule has 0 bridgehead atoms. The van der Waals surface area contributed by atoms with Crippen LogP contribution in [0.25, 0.3) is 10.9 Å². The van der Waals surface area contributed by atoms with Crippen LogP contribution in [-0.4, -0.2) is 29.1 Å². The number of nitrogens with zero attached hydrogens (tertiary/aromatic N) is 2. The van der Waals surface area contributed by atoms with E-state index in [1.54, 1.807) is 0 Å². The normalized spacial score (nSPS) is 21.9. The van der Waals surface area contributed by atoms with Gasteiger partial charge in [-0.05, 0) is 31.9 Å². The van der Waals surface area contributed by atoms with Crippen molar-refractivity contribution in [3.05, 3.63) is 36.0 Å². The largest absolute Gasteiger partial charge is 0.481 e. The van der Waals surface area contributed by atoms with Crippen LogP contribution < -0.4 is 4.90 Å². The van der Waals surface area contributed by atoms with Crippen LogP contribution >= 0.6 is 0 Å². The lowest BCUT2D eigenvalue weighted by Crippen LogP contribution is -2.34. The molecular formula is C17H20N2O2. The van der Waals surface area contributed by atoms with Crippen molar-refractivity contribution in [2.24, 2.45) is 5.41 Å². The number of carboxylic acid groups (broad SMARTS) is 1. The molecule has 1 aliphatic rings. The molecular weight excluding hydrogens is 264 g/mol. The van der Waals surface area contributed by atoms with Crippen LogP contribution in [0.1, 0.15) is 25.5 Å². The number of aromatic nitrogens is 1. The van der Waals surface area contributed by atoms with Crippen LogP contribution in [0.4, 0.5) is 5.69 Å². The number of fused-ring (bicyclic) bond motifs is 1. The van der Waals surface area contributed by atoms with Gasteiger partial charge >= 0.3 is 5.97 Å². The molecule has 3 rings (SSSR count). The summed E-state index contributed by atoms with van der Waals surface area (Å²) in [4.78, 5) is 18.4. The minimum absolute atomic E-state index is 0.576. The molecule has 1 N–H and O–H groups in total. The van der Waals surface area contributed by atoms with E-state index in [4.69, 9.17) is 0 Å². The van der Waals surface area contributed by atoms with Gasteiger partial charge < -0.3 is 10.0 Å². The van der Waals surface area contributed by atoms with Crippen molar-refractivity contribution >= 4 is 22.6 Å². The molecule has 1 aliphatic heterocycles. The van der Waals surface area contributed by atoms with Crippen LogP contribution in [0.2, 0.25) is 0 Å². The monoisotopic (exact) mass is 284 g/mol. The van der Waals surface area contributed by atoms with Crippen molar-refractivity contribution in [3.63, 3.8) is 0 Å². The molecule has 1 saturated heterocycles. The van der Waals surface area contributed by atoms with E-state index in [2.05, 4.69) is 22.0 Å². The Morgan fingerprint density at radius 1 is 1.43 bits per heavy atom. The molecule has 1 fully saturated rings. The van der Waals surface area contributed by atoms with Gasteiger partial charge in [-0.3, -0.25) is 9.78 Å². The summed E-state index contributed by atoms with van der Waals surface area (Å²) >= 11 is 0. The summed E-state index contributed by atoms with van der Waals surface area (Å²) in [6, 6.07) is 10.1. The van der Waals surface area contributed by atoms with Gasteiger partial charge in [0.1, 0.15) is 0 Å². The number of aryl methyl sites for hydroxylation is 1. The highest BCUT2D eigenvalue weighted by Crippen LogP contribution is 2.38. The average Bonchev–Trinajstić information content (AvgIpc) is 2.92. The van der Waals surface area contributed by atoms with E-state index in [1.165, 1.54) is 0 Å². The van der Waals surface area contributed by atoms with Gasteiger partial charge in [0, 0.05) is 29.9 Å². The van der Waals surface area contributed by atoms with Crippen LogP contribution in [0, 0.1) is 12.3 Å². The van der Waals surface area contributed by atoms with E-state index in [1.807, 2.05) is 32.0 Å². The molecule has 0 amide bonds. The van der Waals surface area contributed by atoms with Crippen LogP contribution in [0.3, 0.4) is 0 Å². The topological polar surface area (TPSA) is 53.4 Å². The summed E-state index contributed by atoms with van der Waals surface area (Å²) < 4.78 is 0. The molecule has 2 heterocycles. The Balaban J connectivity index is 2.04. The summed E-state index contributed by atoms with van der Waals surface area (Å²) in [6.45, 7) is 5.31. The molecule has 2 aromatic rings. The number of benzene rings is 1. The number of aliphatic carboxylic acids is 1. The molecule has 1 aromatic carbocycles. The van der Waals surface area contributed by atoms with Crippen molar-refractivity contribution in [1.82, 2.24) is 4.98 Å². The van der Waals surface area contributed by atoms with E-state index in [-0.39, 0.29) is 0 Å². The van der Waals surface area contributed by atoms with E-state index in [0.29, 0.717) is 19.4 Å². The molecule has 4 nitrogen and oxygen atoms in total. The van der Waals surface area contributed by atoms with Gasteiger partial charge in [-0.25, -0.2) is 0 Å². The van der Waals surface area contributed by atoms with Gasteiger partial charge in [0.15, 0.2) is 0 Å². The number of para-hydroxylation sites is 1. The third-order valence-corrected chi connectivity index (χ3v) is 4.65. The molecule has 0 saturated carbocycles. The van der Waals surface area contributed by atoms with E-state index in [9.17, 15) is 9.90 Å². The van der Waals surface area contributed by atoms with Crippen molar-refractivity contribution in [1.29, 1.82) is 0 Å². The first-order chi connectivity index (χ1) is 10.1. The molecule has 1 atom stereocenters. The number of carbonyl (C=O) groups is 1. The van der Waals surface area contributed by atoms with Crippen molar-refractivity contribution < 1.29 is 9.90 Å². The number of anilines is 1. The summed E-state index contributed by atoms with van der Waals surface area (Å²) in [5, 5.41) is 10.7. The van der Waals surface area contributed by atoms with Crippen LogP contribution in [-0.2, 0) is 4.79 Å². The first kappa shape index (κ1) is 13.9. The number of pyridine rings is 1. The molecule has 0 radical (unpaired) electrons. The van der Waals surface area contributed by atoms with E-state index < -0.39 is 11.4 Å². The maximum absolute atomic E-state index is 11.6. The van der Waals surface area contributed by atoms with Crippen molar-refractivity contribution in [3.8, 4) is 0 Å². The Morgan fingerprint density at radius 3 is 2.86 bits per heavy atom. The maximum Gasteiger partial charge on any atom is 0.311 e. The molecule has 4 heteroatoms. The lowest BCUT2D eigenvalue weighted by atomic mass is 9.84. The fourth-order valence-electron chi connectivity index (χ4n) is 3.24. The minimum Gasteiger partial charge on any atom is -0.481 e. The fourth-order valence-corrected chi connectivity index (χ4v) is 3.24. The Bertz CT molecular complexity index is 698. The van der Waals surface area contributed by atoms with Crippen LogP contribution in [0.15, 0.2) is 30.3 Å². The number of rotatable bonds is 3. The maximum atomic E-state index is 11.6. The zero-order valence-corrected chi connectivity index (χ0v) is 12.5. The Labute approximate surface area is 124 Å². The van der Waals surface area contributed by atoms with Crippen molar-refractivity contribution in [2.75, 3.05) is 18.0 Å². The summed E-state index contributed by atoms with van der Waals surface area (Å²) in [7, 11) is 0. The summed E-state index contributed by atoms with van der Waals surface area (Å²) in [5.74, 6) is -0.678. The van der Waals surface area contributed by atoms with Gasteiger partial charge in [-0.1, -0.05) is 25.1 Å². The summed E-state index contributed by atoms with van der Waals surface area (Å²) in [5.41, 5.74) is 2.43.